The van der Waals surface area contributed by atoms with Gasteiger partial charge in [-0.2, -0.15) is 0 Å². The van der Waals surface area contributed by atoms with Crippen molar-refractivity contribution in [2.45, 2.75) is 20.3 Å². The van der Waals surface area contributed by atoms with Gasteiger partial charge in [0.15, 0.2) is 0 Å². The molecule has 0 fully saturated rings. The first kappa shape index (κ1) is 14.2. The first-order chi connectivity index (χ1) is 8.47. The zero-order chi connectivity index (χ0) is 13.7. The SMILES string of the molecule is CCOC(=O)C(Cc1cccc(N)c1F)C(C)=O. The standard InChI is InChI=1S/C13H16FNO3/c1-3-18-13(17)10(8(2)16)7-9-5-4-6-11(15)12(9)14/h4-6,10H,3,7,15H2,1-2H3. The lowest BCUT2D eigenvalue weighted by Gasteiger charge is -2.13. The molecular formula is C13H16FNO3. The molecule has 0 heterocycles. The van der Waals surface area contributed by atoms with Gasteiger partial charge in [-0.05, 0) is 31.9 Å². The smallest absolute Gasteiger partial charge is 0.316 e. The Kier molecular flexibility index (Phi) is 4.83. The van der Waals surface area contributed by atoms with Crippen molar-refractivity contribution in [3.63, 3.8) is 0 Å². The number of halogens is 1. The van der Waals surface area contributed by atoms with Gasteiger partial charge >= 0.3 is 5.97 Å². The molecule has 4 nitrogen and oxygen atoms in total. The molecule has 5 heteroatoms. The van der Waals surface area contributed by atoms with Gasteiger partial charge in [0.1, 0.15) is 17.5 Å². The van der Waals surface area contributed by atoms with Crippen molar-refractivity contribution >= 4 is 17.4 Å². The van der Waals surface area contributed by atoms with Crippen molar-refractivity contribution in [1.29, 1.82) is 0 Å². The van der Waals surface area contributed by atoms with Crippen LogP contribution in [0.1, 0.15) is 19.4 Å². The summed E-state index contributed by atoms with van der Waals surface area (Å²) in [5.74, 6) is -2.56. The zero-order valence-corrected chi connectivity index (χ0v) is 10.4. The van der Waals surface area contributed by atoms with Crippen molar-refractivity contribution in [3.8, 4) is 0 Å². The maximum Gasteiger partial charge on any atom is 0.316 e. The van der Waals surface area contributed by atoms with Crippen LogP contribution in [0.4, 0.5) is 10.1 Å². The van der Waals surface area contributed by atoms with E-state index in [0.717, 1.165) is 0 Å². The maximum absolute atomic E-state index is 13.7. The Labute approximate surface area is 105 Å². The summed E-state index contributed by atoms with van der Waals surface area (Å²) in [5.41, 5.74) is 5.67. The molecule has 1 rings (SSSR count). The summed E-state index contributed by atoms with van der Waals surface area (Å²) in [6.07, 6.45) is -0.0367. The van der Waals surface area contributed by atoms with Crippen molar-refractivity contribution in [2.75, 3.05) is 12.3 Å². The molecule has 0 saturated carbocycles. The van der Waals surface area contributed by atoms with Crippen LogP contribution in [0.2, 0.25) is 0 Å². The number of ether oxygens (including phenoxy) is 1. The van der Waals surface area contributed by atoms with Crippen LogP contribution in [0.3, 0.4) is 0 Å². The normalized spacial score (nSPS) is 11.9. The Morgan fingerprint density at radius 2 is 2.11 bits per heavy atom. The van der Waals surface area contributed by atoms with Gasteiger partial charge in [-0.1, -0.05) is 12.1 Å². The number of hydrogen-bond acceptors (Lipinski definition) is 4. The van der Waals surface area contributed by atoms with Crippen LogP contribution in [-0.4, -0.2) is 18.4 Å². The second-order valence-electron chi connectivity index (χ2n) is 3.94. The fourth-order valence-electron chi connectivity index (χ4n) is 1.61. The Morgan fingerprint density at radius 1 is 1.44 bits per heavy atom. The van der Waals surface area contributed by atoms with Gasteiger partial charge in [0.2, 0.25) is 0 Å². The van der Waals surface area contributed by atoms with Gasteiger partial charge in [-0.25, -0.2) is 4.39 Å². The Bertz CT molecular complexity index is 460. The highest BCUT2D eigenvalue weighted by molar-refractivity contribution is 5.98. The average Bonchev–Trinajstić information content (AvgIpc) is 2.30. The largest absolute Gasteiger partial charge is 0.465 e. The average molecular weight is 253 g/mol. The van der Waals surface area contributed by atoms with Crippen molar-refractivity contribution in [1.82, 2.24) is 0 Å². The summed E-state index contributed by atoms with van der Waals surface area (Å²) in [6, 6.07) is 4.50. The molecule has 1 unspecified atom stereocenters. The third kappa shape index (κ3) is 3.29. The minimum Gasteiger partial charge on any atom is -0.465 e. The van der Waals surface area contributed by atoms with E-state index in [0.29, 0.717) is 0 Å². The van der Waals surface area contributed by atoms with E-state index in [1.54, 1.807) is 13.0 Å². The van der Waals surface area contributed by atoms with Gasteiger partial charge < -0.3 is 10.5 Å². The molecule has 0 saturated heterocycles. The van der Waals surface area contributed by atoms with Crippen molar-refractivity contribution in [3.05, 3.63) is 29.6 Å². The zero-order valence-electron chi connectivity index (χ0n) is 10.4. The number of anilines is 1. The summed E-state index contributed by atoms with van der Waals surface area (Å²) in [5, 5.41) is 0. The van der Waals surface area contributed by atoms with Crippen LogP contribution in [0.25, 0.3) is 0 Å². The number of benzene rings is 1. The first-order valence-corrected chi connectivity index (χ1v) is 5.67. The van der Waals surface area contributed by atoms with Gasteiger partial charge in [0.05, 0.1) is 12.3 Å². The van der Waals surface area contributed by atoms with Crippen LogP contribution >= 0.6 is 0 Å². The number of nitrogen functional groups attached to an aromatic ring is 1. The van der Waals surface area contributed by atoms with Gasteiger partial charge in [0, 0.05) is 0 Å². The summed E-state index contributed by atoms with van der Waals surface area (Å²) in [6.45, 7) is 3.12. The lowest BCUT2D eigenvalue weighted by atomic mass is 9.95. The minimum atomic E-state index is -0.985. The molecule has 18 heavy (non-hydrogen) atoms. The molecular weight excluding hydrogens is 237 g/mol. The number of rotatable bonds is 5. The molecule has 0 aliphatic heterocycles. The van der Waals surface area contributed by atoms with E-state index in [1.165, 1.54) is 19.1 Å². The summed E-state index contributed by atoms with van der Waals surface area (Å²) in [7, 11) is 0. The highest BCUT2D eigenvalue weighted by Gasteiger charge is 2.26. The number of carbonyl (C=O) groups excluding carboxylic acids is 2. The molecule has 1 aromatic rings. The third-order valence-corrected chi connectivity index (χ3v) is 2.59. The fraction of sp³-hybridized carbons (Fsp3) is 0.385. The summed E-state index contributed by atoms with van der Waals surface area (Å²) in [4.78, 5) is 23.0. The molecule has 2 N–H and O–H groups in total. The number of hydrogen-bond donors (Lipinski definition) is 1. The van der Waals surface area contributed by atoms with E-state index in [1.807, 2.05) is 0 Å². The van der Waals surface area contributed by atoms with Crippen LogP contribution in [0.5, 0.6) is 0 Å². The molecule has 0 spiro atoms. The van der Waals surface area contributed by atoms with E-state index >= 15 is 0 Å². The molecule has 0 aromatic heterocycles. The topological polar surface area (TPSA) is 69.4 Å². The third-order valence-electron chi connectivity index (χ3n) is 2.59. The lowest BCUT2D eigenvalue weighted by Crippen LogP contribution is -2.26. The predicted octanol–water partition coefficient (Wildman–Crippen LogP) is 1.72. The second kappa shape index (κ2) is 6.14. The first-order valence-electron chi connectivity index (χ1n) is 5.67. The van der Waals surface area contributed by atoms with Crippen molar-refractivity contribution in [2.24, 2.45) is 5.92 Å². The van der Waals surface area contributed by atoms with E-state index in [9.17, 15) is 14.0 Å². The summed E-state index contributed by atoms with van der Waals surface area (Å²) >= 11 is 0. The van der Waals surface area contributed by atoms with E-state index in [2.05, 4.69) is 0 Å². The fourth-order valence-corrected chi connectivity index (χ4v) is 1.61. The molecule has 0 aliphatic carbocycles. The van der Waals surface area contributed by atoms with Crippen LogP contribution in [0, 0.1) is 11.7 Å². The Morgan fingerprint density at radius 3 is 2.67 bits per heavy atom. The molecule has 0 aliphatic rings. The van der Waals surface area contributed by atoms with Crippen LogP contribution < -0.4 is 5.73 Å². The van der Waals surface area contributed by atoms with Crippen molar-refractivity contribution < 1.29 is 18.7 Å². The molecule has 0 bridgehead atoms. The van der Waals surface area contributed by atoms with E-state index in [-0.39, 0.29) is 30.1 Å². The van der Waals surface area contributed by atoms with Crippen LogP contribution in [0.15, 0.2) is 18.2 Å². The maximum atomic E-state index is 13.7. The number of nitrogens with two attached hydrogens (primary N) is 1. The molecule has 98 valence electrons. The highest BCUT2D eigenvalue weighted by Crippen LogP contribution is 2.19. The number of esters is 1. The van der Waals surface area contributed by atoms with Crippen LogP contribution in [-0.2, 0) is 20.7 Å². The predicted molar refractivity (Wildman–Crippen MR) is 65.3 cm³/mol. The van der Waals surface area contributed by atoms with E-state index in [4.69, 9.17) is 10.5 Å². The number of ketones is 1. The number of Topliss-reactive ketones (excluding diaryl/α,β-unsaturated/α-hetero) is 1. The Hall–Kier alpha value is -1.91. The minimum absolute atomic E-state index is 0.00124. The van der Waals surface area contributed by atoms with Gasteiger partial charge in [0.25, 0.3) is 0 Å². The molecule has 1 aromatic carbocycles. The monoisotopic (exact) mass is 253 g/mol. The Balaban J connectivity index is 2.94. The number of carbonyl (C=O) groups is 2. The summed E-state index contributed by atoms with van der Waals surface area (Å²) < 4.78 is 18.5. The van der Waals surface area contributed by atoms with Gasteiger partial charge in [-0.15, -0.1) is 0 Å². The molecule has 0 amide bonds. The molecule has 1 atom stereocenters. The second-order valence-corrected chi connectivity index (χ2v) is 3.94. The highest BCUT2D eigenvalue weighted by atomic mass is 19.1. The van der Waals surface area contributed by atoms with E-state index < -0.39 is 17.7 Å². The lowest BCUT2D eigenvalue weighted by molar-refractivity contribution is -0.151. The quantitative estimate of drug-likeness (QED) is 0.493. The molecule has 0 radical (unpaired) electrons. The van der Waals surface area contributed by atoms with Gasteiger partial charge in [-0.3, -0.25) is 9.59 Å².